The lowest BCUT2D eigenvalue weighted by molar-refractivity contribution is 0.136. The number of rotatable bonds is 7. The van der Waals surface area contributed by atoms with Gasteiger partial charge >= 0.3 is 0 Å². The summed E-state index contributed by atoms with van der Waals surface area (Å²) >= 11 is 1.41. The third kappa shape index (κ3) is 4.19. The molecule has 0 amide bonds. The Morgan fingerprint density at radius 1 is 1.26 bits per heavy atom. The van der Waals surface area contributed by atoms with Gasteiger partial charge in [-0.1, -0.05) is 11.3 Å². The van der Waals surface area contributed by atoms with Gasteiger partial charge in [-0.2, -0.15) is 5.26 Å². The summed E-state index contributed by atoms with van der Waals surface area (Å²) in [6.07, 6.45) is 8.61. The zero-order chi connectivity index (χ0) is 21.2. The first-order valence-electron chi connectivity index (χ1n) is 10.7. The van der Waals surface area contributed by atoms with Gasteiger partial charge in [-0.3, -0.25) is 9.88 Å². The fourth-order valence-electron chi connectivity index (χ4n) is 4.93. The van der Waals surface area contributed by atoms with Gasteiger partial charge < -0.3 is 15.7 Å². The Balaban J connectivity index is 1.37. The van der Waals surface area contributed by atoms with Crippen molar-refractivity contribution in [1.29, 1.82) is 5.26 Å². The molecule has 0 unspecified atom stereocenters. The lowest BCUT2D eigenvalue weighted by Crippen LogP contribution is -2.47. The van der Waals surface area contributed by atoms with Crippen molar-refractivity contribution in [2.75, 3.05) is 17.2 Å². The van der Waals surface area contributed by atoms with Gasteiger partial charge in [0, 0.05) is 54.9 Å². The Bertz CT molecular complexity index is 1100. The molecule has 8 nitrogen and oxygen atoms in total. The minimum absolute atomic E-state index is 0.0196. The van der Waals surface area contributed by atoms with Crippen molar-refractivity contribution in [3.8, 4) is 6.07 Å². The van der Waals surface area contributed by atoms with Gasteiger partial charge in [0.25, 0.3) is 0 Å². The van der Waals surface area contributed by atoms with Crippen LogP contribution in [0, 0.1) is 11.3 Å². The highest BCUT2D eigenvalue weighted by Gasteiger charge is 2.40. The highest BCUT2D eigenvalue weighted by molar-refractivity contribution is 7.15. The van der Waals surface area contributed by atoms with E-state index in [-0.39, 0.29) is 6.61 Å². The maximum Gasteiger partial charge on any atom is 0.188 e. The molecule has 31 heavy (non-hydrogen) atoms. The Hall–Kier alpha value is -2.80. The van der Waals surface area contributed by atoms with Crippen molar-refractivity contribution in [3.63, 3.8) is 0 Å². The zero-order valence-corrected chi connectivity index (χ0v) is 18.0. The van der Waals surface area contributed by atoms with Gasteiger partial charge in [-0.25, -0.2) is 9.97 Å². The first-order chi connectivity index (χ1) is 15.2. The van der Waals surface area contributed by atoms with E-state index in [1.54, 1.807) is 12.4 Å². The number of piperidine rings is 1. The van der Waals surface area contributed by atoms with Crippen LogP contribution in [0.2, 0.25) is 0 Å². The van der Waals surface area contributed by atoms with E-state index in [0.29, 0.717) is 35.5 Å². The van der Waals surface area contributed by atoms with Crippen LogP contribution in [0.1, 0.15) is 37.0 Å². The van der Waals surface area contributed by atoms with Crippen LogP contribution in [-0.2, 0) is 6.61 Å². The van der Waals surface area contributed by atoms with Crippen LogP contribution in [0.4, 0.5) is 16.8 Å². The molecule has 5 heterocycles. The summed E-state index contributed by atoms with van der Waals surface area (Å²) < 4.78 is 0. The number of anilines is 3. The van der Waals surface area contributed by atoms with Crippen LogP contribution in [0.25, 0.3) is 10.9 Å². The van der Waals surface area contributed by atoms with Crippen LogP contribution in [0.3, 0.4) is 0 Å². The maximum atomic E-state index is 9.29. The van der Waals surface area contributed by atoms with Crippen LogP contribution in [0.5, 0.6) is 0 Å². The van der Waals surface area contributed by atoms with Crippen LogP contribution < -0.4 is 10.6 Å². The number of fused-ring (bicyclic) bond motifs is 3. The van der Waals surface area contributed by atoms with E-state index in [1.165, 1.54) is 24.2 Å². The van der Waals surface area contributed by atoms with Gasteiger partial charge in [-0.05, 0) is 37.8 Å². The summed E-state index contributed by atoms with van der Waals surface area (Å²) in [5, 5.41) is 26.9. The molecule has 0 saturated carbocycles. The van der Waals surface area contributed by atoms with Gasteiger partial charge in [0.15, 0.2) is 5.13 Å². The third-order valence-corrected chi connectivity index (χ3v) is 7.15. The molecule has 3 N–H and O–H groups in total. The summed E-state index contributed by atoms with van der Waals surface area (Å²) in [5.74, 6) is 1.52. The Kier molecular flexibility index (Phi) is 5.68. The lowest BCUT2D eigenvalue weighted by atomic mass is 9.97. The molecule has 0 aromatic carbocycles. The Morgan fingerprint density at radius 3 is 2.84 bits per heavy atom. The molecule has 3 aromatic rings. The molecule has 0 radical (unpaired) electrons. The SMILES string of the molecule is N#CCCN1[C@@H]2CC[C@H]1C[C@H](Nc1nc(Nc3ncc(CO)s3)cc3ncccc13)C2. The Labute approximate surface area is 185 Å². The minimum atomic E-state index is -0.0196. The van der Waals surface area contributed by atoms with Gasteiger partial charge in [0.2, 0.25) is 0 Å². The van der Waals surface area contributed by atoms with Gasteiger partial charge in [0.1, 0.15) is 11.6 Å². The predicted octanol–water partition coefficient (Wildman–Crippen LogP) is 3.64. The number of hydrogen-bond acceptors (Lipinski definition) is 9. The van der Waals surface area contributed by atoms with Crippen molar-refractivity contribution >= 4 is 39.0 Å². The van der Waals surface area contributed by atoms with E-state index in [4.69, 9.17) is 10.2 Å². The minimum Gasteiger partial charge on any atom is -0.391 e. The van der Waals surface area contributed by atoms with Crippen molar-refractivity contribution in [3.05, 3.63) is 35.5 Å². The number of aliphatic hydroxyl groups excluding tert-OH is 1. The van der Waals surface area contributed by atoms with Crippen molar-refractivity contribution in [2.24, 2.45) is 0 Å². The molecule has 2 fully saturated rings. The van der Waals surface area contributed by atoms with Crippen LogP contribution in [0.15, 0.2) is 30.6 Å². The molecule has 3 atom stereocenters. The monoisotopic (exact) mass is 435 g/mol. The zero-order valence-electron chi connectivity index (χ0n) is 17.2. The van der Waals surface area contributed by atoms with Crippen LogP contribution in [-0.4, -0.2) is 49.6 Å². The van der Waals surface area contributed by atoms with E-state index in [9.17, 15) is 5.11 Å². The molecule has 2 aliphatic heterocycles. The second-order valence-corrected chi connectivity index (χ2v) is 9.30. The second-order valence-electron chi connectivity index (χ2n) is 8.18. The number of thiazole rings is 1. The third-order valence-electron chi connectivity index (χ3n) is 6.25. The highest BCUT2D eigenvalue weighted by atomic mass is 32.1. The maximum absolute atomic E-state index is 9.29. The first-order valence-corrected chi connectivity index (χ1v) is 11.5. The van der Waals surface area contributed by atoms with E-state index in [0.717, 1.165) is 41.0 Å². The molecule has 0 spiro atoms. The average Bonchev–Trinajstić information content (AvgIpc) is 3.33. The van der Waals surface area contributed by atoms with E-state index < -0.39 is 0 Å². The molecule has 3 aromatic heterocycles. The number of nitrogens with zero attached hydrogens (tertiary/aromatic N) is 5. The molecule has 2 bridgehead atoms. The Morgan fingerprint density at radius 2 is 2.10 bits per heavy atom. The van der Waals surface area contributed by atoms with Gasteiger partial charge in [0.05, 0.1) is 23.1 Å². The number of nitriles is 1. The number of hydrogen-bond donors (Lipinski definition) is 3. The molecule has 160 valence electrons. The fourth-order valence-corrected chi connectivity index (χ4v) is 5.61. The summed E-state index contributed by atoms with van der Waals surface area (Å²) in [4.78, 5) is 17.0. The average molecular weight is 436 g/mol. The number of aromatic nitrogens is 3. The first kappa shape index (κ1) is 20.1. The normalized spacial score (nSPS) is 23.0. The molecule has 2 saturated heterocycles. The van der Waals surface area contributed by atoms with Gasteiger partial charge in [-0.15, -0.1) is 0 Å². The fraction of sp³-hybridized carbons (Fsp3) is 0.455. The van der Waals surface area contributed by atoms with Crippen molar-refractivity contribution in [2.45, 2.75) is 56.8 Å². The van der Waals surface area contributed by atoms with E-state index >= 15 is 0 Å². The summed E-state index contributed by atoms with van der Waals surface area (Å²) in [6, 6.07) is 9.63. The highest BCUT2D eigenvalue weighted by Crippen LogP contribution is 2.37. The smallest absolute Gasteiger partial charge is 0.188 e. The van der Waals surface area contributed by atoms with Crippen molar-refractivity contribution < 1.29 is 5.11 Å². The largest absolute Gasteiger partial charge is 0.391 e. The summed E-state index contributed by atoms with van der Waals surface area (Å²) in [7, 11) is 0. The molecular formula is C22H25N7OS. The summed E-state index contributed by atoms with van der Waals surface area (Å²) in [5.41, 5.74) is 0.871. The summed E-state index contributed by atoms with van der Waals surface area (Å²) in [6.45, 7) is 0.862. The molecule has 5 rings (SSSR count). The standard InChI is InChI=1S/C22H25N7OS/c23-6-2-8-29-15-4-5-16(29)10-14(9-15)26-21-18-3-1-7-24-19(18)11-20(27-21)28-22-25-12-17(13-30)31-22/h1,3,7,11-12,14-16,30H,2,4-5,8-10,13H2,(H2,25,26,27,28)/t14-,15-,16+. The van der Waals surface area contributed by atoms with E-state index in [1.807, 2.05) is 18.2 Å². The topological polar surface area (TPSA) is 110 Å². The van der Waals surface area contributed by atoms with E-state index in [2.05, 4.69) is 31.6 Å². The van der Waals surface area contributed by atoms with Crippen LogP contribution >= 0.6 is 11.3 Å². The molecule has 2 aliphatic rings. The number of aliphatic hydroxyl groups is 1. The number of nitrogens with one attached hydrogen (secondary N) is 2. The quantitative estimate of drug-likeness (QED) is 0.516. The molecule has 9 heteroatoms. The number of pyridine rings is 2. The van der Waals surface area contributed by atoms with Crippen molar-refractivity contribution in [1.82, 2.24) is 19.9 Å². The lowest BCUT2D eigenvalue weighted by Gasteiger charge is -2.39. The molecular weight excluding hydrogens is 410 g/mol. The second kappa shape index (κ2) is 8.75. The predicted molar refractivity (Wildman–Crippen MR) is 121 cm³/mol. The molecule has 0 aliphatic carbocycles.